The van der Waals surface area contributed by atoms with E-state index in [0.717, 1.165) is 63.0 Å². The summed E-state index contributed by atoms with van der Waals surface area (Å²) in [7, 11) is 1.87. The summed E-state index contributed by atoms with van der Waals surface area (Å²) in [5.74, 6) is 3.34. The van der Waals surface area contributed by atoms with Gasteiger partial charge in [0.1, 0.15) is 0 Å². The van der Waals surface area contributed by atoms with Crippen molar-refractivity contribution in [2.24, 2.45) is 16.8 Å². The summed E-state index contributed by atoms with van der Waals surface area (Å²) in [4.78, 5) is 20.5. The number of nitrogens with zero attached hydrogens (tertiary/aromatic N) is 6. The predicted octanol–water partition coefficient (Wildman–Crippen LogP) is 2.85. The maximum Gasteiger partial charge on any atom is 0.225 e. The molecular formula is C25H37N7. The molecule has 2 aliphatic rings. The molecule has 2 saturated heterocycles. The van der Waals surface area contributed by atoms with Crippen LogP contribution in [0.1, 0.15) is 31.4 Å². The van der Waals surface area contributed by atoms with Crippen LogP contribution in [0.2, 0.25) is 0 Å². The minimum absolute atomic E-state index is 0.780. The Morgan fingerprint density at radius 3 is 2.28 bits per heavy atom. The third kappa shape index (κ3) is 5.76. The number of aromatic nitrogens is 2. The van der Waals surface area contributed by atoms with Crippen molar-refractivity contribution < 1.29 is 0 Å². The molecule has 2 fully saturated rings. The molecule has 32 heavy (non-hydrogen) atoms. The quantitative estimate of drug-likeness (QED) is 0.576. The van der Waals surface area contributed by atoms with E-state index >= 15 is 0 Å². The maximum atomic E-state index is 4.56. The number of piperidine rings is 1. The van der Waals surface area contributed by atoms with Crippen LogP contribution in [0.4, 0.5) is 5.95 Å². The summed E-state index contributed by atoms with van der Waals surface area (Å²) < 4.78 is 0. The fourth-order valence-electron chi connectivity index (χ4n) is 5.13. The van der Waals surface area contributed by atoms with E-state index in [2.05, 4.69) is 73.1 Å². The fourth-order valence-corrected chi connectivity index (χ4v) is 5.13. The number of hydrogen-bond acceptors (Lipinski definition) is 5. The van der Waals surface area contributed by atoms with Crippen LogP contribution in [0.3, 0.4) is 0 Å². The van der Waals surface area contributed by atoms with Crippen molar-refractivity contribution >= 4 is 11.9 Å². The number of likely N-dealkylation sites (tertiary alicyclic amines) is 1. The van der Waals surface area contributed by atoms with E-state index in [-0.39, 0.29) is 0 Å². The van der Waals surface area contributed by atoms with E-state index in [1.165, 1.54) is 30.6 Å². The van der Waals surface area contributed by atoms with Crippen LogP contribution in [-0.4, -0.2) is 72.0 Å². The van der Waals surface area contributed by atoms with Crippen LogP contribution in [0, 0.1) is 11.8 Å². The number of rotatable bonds is 5. The fraction of sp³-hybridized carbons (Fsp3) is 0.560. The molecule has 0 radical (unpaired) electrons. The highest BCUT2D eigenvalue weighted by molar-refractivity contribution is 5.80. The predicted molar refractivity (Wildman–Crippen MR) is 131 cm³/mol. The molecule has 0 spiro atoms. The summed E-state index contributed by atoms with van der Waals surface area (Å²) in [6, 6.07) is 10.7. The average Bonchev–Trinajstić information content (AvgIpc) is 2.81. The van der Waals surface area contributed by atoms with Gasteiger partial charge >= 0.3 is 0 Å². The molecule has 1 aromatic heterocycles. The Morgan fingerprint density at radius 2 is 1.62 bits per heavy atom. The molecule has 1 N–H and O–H groups in total. The first kappa shape index (κ1) is 22.5. The molecule has 0 aliphatic carbocycles. The normalized spacial score (nSPS) is 22.8. The van der Waals surface area contributed by atoms with Gasteiger partial charge in [0.2, 0.25) is 5.95 Å². The van der Waals surface area contributed by atoms with Crippen molar-refractivity contribution in [2.45, 2.75) is 33.4 Å². The third-order valence-corrected chi connectivity index (χ3v) is 6.52. The standard InChI is InChI=1S/C25H37N7/c1-20-15-21(2)18-30(17-20)19-23-8-5-4-7-22(23)16-29-24(26-3)31-11-13-32(14-12-31)25-27-9-6-10-28-25/h4-10,20-21H,11-19H2,1-3H3,(H,26,29). The van der Waals surface area contributed by atoms with Crippen LogP contribution >= 0.6 is 0 Å². The van der Waals surface area contributed by atoms with Crippen LogP contribution in [0.25, 0.3) is 0 Å². The zero-order valence-electron chi connectivity index (χ0n) is 19.7. The second kappa shape index (κ2) is 10.8. The van der Waals surface area contributed by atoms with Crippen LogP contribution in [0.5, 0.6) is 0 Å². The van der Waals surface area contributed by atoms with Gasteiger partial charge in [0.25, 0.3) is 0 Å². The van der Waals surface area contributed by atoms with Gasteiger partial charge in [0.05, 0.1) is 0 Å². The second-order valence-corrected chi connectivity index (χ2v) is 9.33. The first-order chi connectivity index (χ1) is 15.6. The Bertz CT molecular complexity index is 867. The zero-order valence-corrected chi connectivity index (χ0v) is 19.7. The summed E-state index contributed by atoms with van der Waals surface area (Å²) >= 11 is 0. The van der Waals surface area contributed by atoms with Gasteiger partial charge in [-0.3, -0.25) is 9.89 Å². The van der Waals surface area contributed by atoms with E-state index in [0.29, 0.717) is 0 Å². The van der Waals surface area contributed by atoms with Gasteiger partial charge in [-0.15, -0.1) is 0 Å². The molecule has 0 bridgehead atoms. The van der Waals surface area contributed by atoms with Crippen molar-refractivity contribution in [3.63, 3.8) is 0 Å². The van der Waals surface area contributed by atoms with Gasteiger partial charge in [0, 0.05) is 71.8 Å². The molecule has 2 unspecified atom stereocenters. The molecule has 0 amide bonds. The lowest BCUT2D eigenvalue weighted by atomic mass is 9.91. The SMILES string of the molecule is CN=C(NCc1ccccc1CN1CC(C)CC(C)C1)N1CCN(c2ncccn2)CC1. The lowest BCUT2D eigenvalue weighted by Crippen LogP contribution is -2.52. The van der Waals surface area contributed by atoms with Gasteiger partial charge in [-0.2, -0.15) is 0 Å². The van der Waals surface area contributed by atoms with Crippen LogP contribution in [-0.2, 0) is 13.1 Å². The molecule has 7 heteroatoms. The van der Waals surface area contributed by atoms with E-state index in [1.807, 2.05) is 13.1 Å². The summed E-state index contributed by atoms with van der Waals surface area (Å²) in [5, 5.41) is 3.61. The van der Waals surface area contributed by atoms with Gasteiger partial charge < -0.3 is 15.1 Å². The zero-order chi connectivity index (χ0) is 22.3. The van der Waals surface area contributed by atoms with Crippen LogP contribution < -0.4 is 10.2 Å². The Kier molecular flexibility index (Phi) is 7.58. The van der Waals surface area contributed by atoms with Gasteiger partial charge in [0.15, 0.2) is 5.96 Å². The van der Waals surface area contributed by atoms with Gasteiger partial charge in [-0.1, -0.05) is 38.1 Å². The Balaban J connectivity index is 1.33. The summed E-state index contributed by atoms with van der Waals surface area (Å²) in [6.45, 7) is 12.6. The van der Waals surface area contributed by atoms with Crippen molar-refractivity contribution in [2.75, 3.05) is 51.2 Å². The molecule has 2 aliphatic heterocycles. The molecule has 1 aromatic carbocycles. The Morgan fingerprint density at radius 1 is 0.969 bits per heavy atom. The van der Waals surface area contributed by atoms with E-state index in [1.54, 1.807) is 12.4 Å². The largest absolute Gasteiger partial charge is 0.352 e. The average molecular weight is 436 g/mol. The number of benzene rings is 1. The van der Waals surface area contributed by atoms with Crippen molar-refractivity contribution in [3.05, 3.63) is 53.9 Å². The lowest BCUT2D eigenvalue weighted by molar-refractivity contribution is 0.134. The number of nitrogens with one attached hydrogen (secondary N) is 1. The molecular weight excluding hydrogens is 398 g/mol. The summed E-state index contributed by atoms with van der Waals surface area (Å²) in [6.07, 6.45) is 4.95. The first-order valence-electron chi connectivity index (χ1n) is 11.9. The highest BCUT2D eigenvalue weighted by Gasteiger charge is 2.23. The highest BCUT2D eigenvalue weighted by Crippen LogP contribution is 2.23. The number of aliphatic imine (C=N–C) groups is 1. The molecule has 4 rings (SSSR count). The second-order valence-electron chi connectivity index (χ2n) is 9.33. The van der Waals surface area contributed by atoms with Crippen molar-refractivity contribution in [1.82, 2.24) is 25.1 Å². The number of hydrogen-bond donors (Lipinski definition) is 1. The van der Waals surface area contributed by atoms with Gasteiger partial charge in [-0.25, -0.2) is 9.97 Å². The number of guanidine groups is 1. The van der Waals surface area contributed by atoms with E-state index in [9.17, 15) is 0 Å². The van der Waals surface area contributed by atoms with Gasteiger partial charge in [-0.05, 0) is 35.4 Å². The monoisotopic (exact) mass is 435 g/mol. The first-order valence-corrected chi connectivity index (χ1v) is 11.9. The van der Waals surface area contributed by atoms with Crippen molar-refractivity contribution in [1.29, 1.82) is 0 Å². The lowest BCUT2D eigenvalue weighted by Gasteiger charge is -2.36. The molecule has 2 atom stereocenters. The smallest absolute Gasteiger partial charge is 0.225 e. The van der Waals surface area contributed by atoms with Crippen LogP contribution in [0.15, 0.2) is 47.7 Å². The van der Waals surface area contributed by atoms with E-state index < -0.39 is 0 Å². The van der Waals surface area contributed by atoms with Crippen molar-refractivity contribution in [3.8, 4) is 0 Å². The number of anilines is 1. The minimum Gasteiger partial charge on any atom is -0.352 e. The molecule has 172 valence electrons. The summed E-state index contributed by atoms with van der Waals surface area (Å²) in [5.41, 5.74) is 2.78. The molecule has 7 nitrogen and oxygen atoms in total. The minimum atomic E-state index is 0.780. The Labute approximate surface area is 192 Å². The maximum absolute atomic E-state index is 4.56. The number of piperazine rings is 1. The Hall–Kier alpha value is -2.67. The molecule has 2 aromatic rings. The topological polar surface area (TPSA) is 59.9 Å². The van der Waals surface area contributed by atoms with E-state index in [4.69, 9.17) is 0 Å². The highest BCUT2D eigenvalue weighted by atomic mass is 15.4. The molecule has 3 heterocycles. The third-order valence-electron chi connectivity index (χ3n) is 6.52. The molecule has 0 saturated carbocycles.